The zero-order valence-corrected chi connectivity index (χ0v) is 22.2. The number of rotatable bonds is 9. The van der Waals surface area contributed by atoms with Gasteiger partial charge >= 0.3 is 12.0 Å². The van der Waals surface area contributed by atoms with Crippen LogP contribution in [0.2, 0.25) is 0 Å². The molecule has 204 valence electrons. The third-order valence-corrected chi connectivity index (χ3v) is 6.34. The monoisotopic (exact) mass is 509 g/mol. The summed E-state index contributed by atoms with van der Waals surface area (Å²) in [6.07, 6.45) is 5.19. The van der Waals surface area contributed by atoms with Crippen LogP contribution < -0.4 is 26.6 Å². The molecular weight excluding hydrogens is 466 g/mol. The summed E-state index contributed by atoms with van der Waals surface area (Å²) < 4.78 is 0. The van der Waals surface area contributed by atoms with Gasteiger partial charge in [-0.2, -0.15) is 0 Å². The number of nitrogens with one attached hydrogen (secondary N) is 5. The lowest BCUT2D eigenvalue weighted by Gasteiger charge is -2.29. The molecule has 36 heavy (non-hydrogen) atoms. The maximum atomic E-state index is 13.3. The van der Waals surface area contributed by atoms with E-state index in [9.17, 15) is 29.1 Å². The lowest BCUT2D eigenvalue weighted by Crippen LogP contribution is -2.59. The van der Waals surface area contributed by atoms with Crippen molar-refractivity contribution < 1.29 is 29.1 Å². The lowest BCUT2D eigenvalue weighted by molar-refractivity contribution is -0.140. The Morgan fingerprint density at radius 1 is 1.06 bits per heavy atom. The molecule has 1 aliphatic rings. The Balaban J connectivity index is 3.04. The van der Waals surface area contributed by atoms with Crippen LogP contribution in [0.1, 0.15) is 67.2 Å². The SMILES string of the molecule is CC[C@H](C)[C@H](NC(=O)N[C@H](C(=O)O)C(C)C)C(=O)N[C@H]1CCCCNC(=O)C=C[C@H](C(C)C)NC1=O. The second kappa shape index (κ2) is 15.1. The molecule has 0 spiro atoms. The number of aliphatic carboxylic acids is 1. The van der Waals surface area contributed by atoms with Gasteiger partial charge in [0.05, 0.1) is 0 Å². The van der Waals surface area contributed by atoms with E-state index in [-0.39, 0.29) is 29.6 Å². The van der Waals surface area contributed by atoms with Crippen LogP contribution in [0.15, 0.2) is 12.2 Å². The van der Waals surface area contributed by atoms with Gasteiger partial charge in [0.2, 0.25) is 17.7 Å². The fourth-order valence-electron chi connectivity index (χ4n) is 3.71. The fraction of sp³-hybridized carbons (Fsp3) is 0.720. The molecule has 11 nitrogen and oxygen atoms in total. The van der Waals surface area contributed by atoms with Gasteiger partial charge in [-0.1, -0.05) is 54.0 Å². The van der Waals surface area contributed by atoms with Crippen molar-refractivity contribution in [2.24, 2.45) is 17.8 Å². The summed E-state index contributed by atoms with van der Waals surface area (Å²) in [6, 6.07) is -4.07. The van der Waals surface area contributed by atoms with E-state index >= 15 is 0 Å². The van der Waals surface area contributed by atoms with Gasteiger partial charge in [-0.05, 0) is 37.0 Å². The van der Waals surface area contributed by atoms with E-state index in [4.69, 9.17) is 0 Å². The minimum atomic E-state index is -1.17. The normalized spacial score (nSPS) is 21.8. The first-order chi connectivity index (χ1) is 16.9. The lowest BCUT2D eigenvalue weighted by atomic mass is 9.97. The van der Waals surface area contributed by atoms with Crippen molar-refractivity contribution in [3.8, 4) is 0 Å². The van der Waals surface area contributed by atoms with E-state index in [1.807, 2.05) is 20.8 Å². The molecule has 0 saturated carbocycles. The summed E-state index contributed by atoms with van der Waals surface area (Å²) in [4.78, 5) is 62.3. The van der Waals surface area contributed by atoms with Crippen LogP contribution in [0.5, 0.6) is 0 Å². The Bertz CT molecular complexity index is 813. The molecule has 1 rings (SSSR count). The zero-order valence-electron chi connectivity index (χ0n) is 22.2. The molecule has 0 aliphatic carbocycles. The third kappa shape index (κ3) is 10.2. The summed E-state index contributed by atoms with van der Waals surface area (Å²) in [5.41, 5.74) is 0. The first-order valence-electron chi connectivity index (χ1n) is 12.7. The highest BCUT2D eigenvalue weighted by Crippen LogP contribution is 2.12. The molecule has 0 unspecified atom stereocenters. The van der Waals surface area contributed by atoms with E-state index in [0.29, 0.717) is 32.2 Å². The average Bonchev–Trinajstić information content (AvgIpc) is 2.80. The molecule has 0 bridgehead atoms. The van der Waals surface area contributed by atoms with Gasteiger partial charge in [-0.3, -0.25) is 14.4 Å². The summed E-state index contributed by atoms with van der Waals surface area (Å²) >= 11 is 0. The number of hydrogen-bond acceptors (Lipinski definition) is 5. The Morgan fingerprint density at radius 2 is 1.69 bits per heavy atom. The maximum Gasteiger partial charge on any atom is 0.326 e. The van der Waals surface area contributed by atoms with E-state index < -0.39 is 42.1 Å². The predicted octanol–water partition coefficient (Wildman–Crippen LogP) is 1.29. The predicted molar refractivity (Wildman–Crippen MR) is 136 cm³/mol. The van der Waals surface area contributed by atoms with E-state index in [1.165, 1.54) is 6.08 Å². The molecule has 1 heterocycles. The smallest absolute Gasteiger partial charge is 0.326 e. The van der Waals surface area contributed by atoms with Gasteiger partial charge in [0.25, 0.3) is 0 Å². The van der Waals surface area contributed by atoms with Crippen LogP contribution in [-0.4, -0.2) is 65.5 Å². The van der Waals surface area contributed by atoms with Gasteiger partial charge in [0.15, 0.2) is 0 Å². The molecular formula is C25H43N5O6. The number of carbonyl (C=O) groups excluding carboxylic acids is 4. The van der Waals surface area contributed by atoms with E-state index in [2.05, 4.69) is 26.6 Å². The Hall–Kier alpha value is -3.11. The fourth-order valence-corrected chi connectivity index (χ4v) is 3.71. The summed E-state index contributed by atoms with van der Waals surface area (Å²) in [5.74, 6) is -2.88. The Morgan fingerprint density at radius 3 is 2.25 bits per heavy atom. The number of amides is 5. The number of hydrogen-bond donors (Lipinski definition) is 6. The average molecular weight is 510 g/mol. The number of urea groups is 1. The molecule has 1 aliphatic heterocycles. The molecule has 6 N–H and O–H groups in total. The molecule has 0 radical (unpaired) electrons. The summed E-state index contributed by atoms with van der Waals surface area (Å²) in [6.45, 7) is 11.3. The van der Waals surface area contributed by atoms with Crippen LogP contribution in [0, 0.1) is 17.8 Å². The second-order valence-electron chi connectivity index (χ2n) is 10.0. The topological polar surface area (TPSA) is 166 Å². The highest BCUT2D eigenvalue weighted by Gasteiger charge is 2.32. The minimum Gasteiger partial charge on any atom is -0.480 e. The van der Waals surface area contributed by atoms with Gasteiger partial charge in [0.1, 0.15) is 18.1 Å². The van der Waals surface area contributed by atoms with Crippen molar-refractivity contribution >= 4 is 29.7 Å². The number of carboxylic acid groups (broad SMARTS) is 1. The Labute approximate surface area is 213 Å². The van der Waals surface area contributed by atoms with Crippen molar-refractivity contribution in [1.82, 2.24) is 26.6 Å². The molecule has 11 heteroatoms. The van der Waals surface area contributed by atoms with Crippen LogP contribution >= 0.6 is 0 Å². The standard InChI is InChI=1S/C25H43N5O6/c1-7-16(6)21(30-25(36)29-20(15(4)5)24(34)35)23(33)28-18-10-8-9-13-26-19(31)12-11-17(14(2)3)27-22(18)32/h11-12,14-18,20-21H,7-10,13H2,1-6H3,(H,26,31)(H,27,32)(H,28,33)(H,34,35)(H2,29,30,36)/t16-,17+,18-,20-,21-/m0/s1. The van der Waals surface area contributed by atoms with Crippen LogP contribution in [0.25, 0.3) is 0 Å². The van der Waals surface area contributed by atoms with Crippen molar-refractivity contribution in [3.05, 3.63) is 12.2 Å². The first kappa shape index (κ1) is 30.9. The van der Waals surface area contributed by atoms with E-state index in [0.717, 1.165) is 0 Å². The van der Waals surface area contributed by atoms with Gasteiger partial charge in [0, 0.05) is 18.7 Å². The minimum absolute atomic E-state index is 0.0126. The van der Waals surface area contributed by atoms with Crippen LogP contribution in [0.4, 0.5) is 4.79 Å². The van der Waals surface area contributed by atoms with Gasteiger partial charge in [-0.25, -0.2) is 9.59 Å². The molecule has 0 aromatic heterocycles. The molecule has 5 atom stereocenters. The largest absolute Gasteiger partial charge is 0.480 e. The number of carbonyl (C=O) groups is 5. The maximum absolute atomic E-state index is 13.3. The Kier molecular flexibility index (Phi) is 13.0. The van der Waals surface area contributed by atoms with Gasteiger partial charge in [-0.15, -0.1) is 0 Å². The van der Waals surface area contributed by atoms with Crippen molar-refractivity contribution in [1.29, 1.82) is 0 Å². The molecule has 5 amide bonds. The molecule has 0 saturated heterocycles. The molecule has 0 aromatic rings. The van der Waals surface area contributed by atoms with E-state index in [1.54, 1.807) is 26.8 Å². The zero-order chi connectivity index (χ0) is 27.4. The first-order valence-corrected chi connectivity index (χ1v) is 12.7. The van der Waals surface area contributed by atoms with Crippen molar-refractivity contribution in [2.75, 3.05) is 6.54 Å². The van der Waals surface area contributed by atoms with Crippen LogP contribution in [0.3, 0.4) is 0 Å². The van der Waals surface area contributed by atoms with Crippen LogP contribution in [-0.2, 0) is 19.2 Å². The third-order valence-electron chi connectivity index (χ3n) is 6.34. The summed E-state index contributed by atoms with van der Waals surface area (Å²) in [5, 5.41) is 22.8. The number of carboxylic acids is 1. The van der Waals surface area contributed by atoms with Gasteiger partial charge < -0.3 is 31.7 Å². The highest BCUT2D eigenvalue weighted by molar-refractivity contribution is 5.93. The van der Waals surface area contributed by atoms with Crippen molar-refractivity contribution in [3.63, 3.8) is 0 Å². The van der Waals surface area contributed by atoms with Crippen molar-refractivity contribution in [2.45, 2.75) is 91.4 Å². The second-order valence-corrected chi connectivity index (χ2v) is 10.0. The molecule has 0 aromatic carbocycles. The molecule has 0 fully saturated rings. The summed E-state index contributed by atoms with van der Waals surface area (Å²) in [7, 11) is 0. The quantitative estimate of drug-likeness (QED) is 0.274. The highest BCUT2D eigenvalue weighted by atomic mass is 16.4.